The third-order valence-corrected chi connectivity index (χ3v) is 5.74. The number of ether oxygens (including phenoxy) is 2. The molecule has 7 nitrogen and oxygen atoms in total. The highest BCUT2D eigenvalue weighted by Gasteiger charge is 2.09. The molecule has 0 radical (unpaired) electrons. The van der Waals surface area contributed by atoms with Gasteiger partial charge in [-0.3, -0.25) is 9.59 Å². The van der Waals surface area contributed by atoms with E-state index in [9.17, 15) is 9.59 Å². The smallest absolute Gasteiger partial charge is 0.295 e. The van der Waals surface area contributed by atoms with Crippen LogP contribution in [-0.2, 0) is 0 Å². The van der Waals surface area contributed by atoms with Crippen LogP contribution in [0.15, 0.2) is 27.8 Å². The normalized spacial score (nSPS) is 11.9. The number of fused-ring (bicyclic) bond motifs is 1. The fourth-order valence-electron chi connectivity index (χ4n) is 3.10. The lowest BCUT2D eigenvalue weighted by Crippen LogP contribution is -2.27. The summed E-state index contributed by atoms with van der Waals surface area (Å²) in [6.45, 7) is 4.40. The minimum absolute atomic E-state index is 0.197. The molecule has 3 aromatic rings. The van der Waals surface area contributed by atoms with Gasteiger partial charge in [0.05, 0.1) is 18.2 Å². The lowest BCUT2D eigenvalue weighted by molar-refractivity contribution is 0.284. The molecule has 0 atom stereocenters. The van der Waals surface area contributed by atoms with Crippen LogP contribution in [0.5, 0.6) is 11.5 Å². The van der Waals surface area contributed by atoms with Crippen LogP contribution in [0.3, 0.4) is 0 Å². The molecule has 1 aromatic carbocycles. The minimum atomic E-state index is -0.420. The molecule has 0 aliphatic carbocycles. The molecule has 0 saturated carbocycles. The highest BCUT2D eigenvalue weighted by atomic mass is 32.1. The highest BCUT2D eigenvalue weighted by molar-refractivity contribution is 7.15. The van der Waals surface area contributed by atoms with E-state index < -0.39 is 5.56 Å². The van der Waals surface area contributed by atoms with Gasteiger partial charge in [-0.25, -0.2) is 0 Å². The zero-order valence-corrected chi connectivity index (χ0v) is 18.5. The zero-order chi connectivity index (χ0) is 21.5. The maximum atomic E-state index is 12.6. The Morgan fingerprint density at radius 2 is 1.87 bits per heavy atom. The molecule has 8 heteroatoms. The molecule has 0 amide bonds. The van der Waals surface area contributed by atoms with Gasteiger partial charge < -0.3 is 9.47 Å². The lowest BCUT2D eigenvalue weighted by Gasteiger charge is -2.11. The van der Waals surface area contributed by atoms with Crippen molar-refractivity contribution in [2.45, 2.75) is 52.4 Å². The van der Waals surface area contributed by atoms with Gasteiger partial charge in [0, 0.05) is 0 Å². The molecule has 2 aromatic heterocycles. The first-order valence-corrected chi connectivity index (χ1v) is 11.1. The van der Waals surface area contributed by atoms with Crippen molar-refractivity contribution in [1.82, 2.24) is 14.6 Å². The van der Waals surface area contributed by atoms with E-state index in [4.69, 9.17) is 9.47 Å². The summed E-state index contributed by atoms with van der Waals surface area (Å²) in [7, 11) is 1.59. The SMILES string of the molecule is CCCCCCCCOc1ccc(/C=c2\sc3nc(=O)c(C)nn3c2=O)cc1OC. The maximum Gasteiger partial charge on any atom is 0.295 e. The Bertz CT molecular complexity index is 1170. The molecule has 0 aliphatic rings. The van der Waals surface area contributed by atoms with Crippen molar-refractivity contribution >= 4 is 22.4 Å². The van der Waals surface area contributed by atoms with Crippen molar-refractivity contribution in [2.24, 2.45) is 0 Å². The molecule has 0 bridgehead atoms. The van der Waals surface area contributed by atoms with Gasteiger partial charge in [0.2, 0.25) is 4.96 Å². The van der Waals surface area contributed by atoms with Gasteiger partial charge >= 0.3 is 0 Å². The summed E-state index contributed by atoms with van der Waals surface area (Å²) in [5.74, 6) is 1.30. The lowest BCUT2D eigenvalue weighted by atomic mass is 10.1. The van der Waals surface area contributed by atoms with E-state index in [1.165, 1.54) is 37.1 Å². The topological polar surface area (TPSA) is 82.8 Å². The van der Waals surface area contributed by atoms with Crippen LogP contribution < -0.4 is 25.1 Å². The standard InChI is InChI=1S/C22H27N3O4S/c1-4-5-6-7-8-9-12-29-17-11-10-16(13-18(17)28-3)14-19-21(27)25-22(30-19)23-20(26)15(2)24-25/h10-11,13-14H,4-9,12H2,1-3H3/b19-14-. The van der Waals surface area contributed by atoms with Gasteiger partial charge in [-0.05, 0) is 37.1 Å². The third-order valence-electron chi connectivity index (χ3n) is 4.78. The number of aromatic nitrogens is 3. The number of rotatable bonds is 10. The molecule has 0 N–H and O–H groups in total. The van der Waals surface area contributed by atoms with Crippen molar-refractivity contribution < 1.29 is 9.47 Å². The quantitative estimate of drug-likeness (QED) is 0.461. The van der Waals surface area contributed by atoms with Gasteiger partial charge in [0.15, 0.2) is 11.5 Å². The van der Waals surface area contributed by atoms with Gasteiger partial charge in [-0.1, -0.05) is 56.4 Å². The molecule has 0 unspecified atom stereocenters. The first-order valence-electron chi connectivity index (χ1n) is 10.3. The average molecular weight is 430 g/mol. The number of unbranched alkanes of at least 4 members (excludes halogenated alkanes) is 5. The summed E-state index contributed by atoms with van der Waals surface area (Å²) >= 11 is 1.13. The Morgan fingerprint density at radius 3 is 2.63 bits per heavy atom. The molecule has 0 spiro atoms. The summed E-state index contributed by atoms with van der Waals surface area (Å²) in [5.41, 5.74) is 0.272. The number of nitrogens with zero attached hydrogens (tertiary/aromatic N) is 3. The van der Waals surface area contributed by atoms with E-state index in [1.54, 1.807) is 13.2 Å². The Hall–Kier alpha value is -2.74. The van der Waals surface area contributed by atoms with Crippen LogP contribution >= 0.6 is 11.3 Å². The van der Waals surface area contributed by atoms with Gasteiger partial charge in [0.1, 0.15) is 5.69 Å². The second-order valence-corrected chi connectivity index (χ2v) is 8.15. The Kier molecular flexibility index (Phi) is 7.57. The van der Waals surface area contributed by atoms with Crippen LogP contribution in [-0.4, -0.2) is 28.3 Å². The summed E-state index contributed by atoms with van der Waals surface area (Å²) in [6.07, 6.45) is 8.98. The molecule has 2 heterocycles. The van der Waals surface area contributed by atoms with Crippen molar-refractivity contribution in [3.05, 3.63) is 54.7 Å². The van der Waals surface area contributed by atoms with Crippen molar-refractivity contribution in [3.63, 3.8) is 0 Å². The molecule has 160 valence electrons. The summed E-state index contributed by atoms with van der Waals surface area (Å²) in [6, 6.07) is 5.55. The van der Waals surface area contributed by atoms with Crippen LogP contribution in [0.2, 0.25) is 0 Å². The fourth-order valence-corrected chi connectivity index (χ4v) is 4.00. The Labute approximate surface area is 179 Å². The molecular formula is C22H27N3O4S. The summed E-state index contributed by atoms with van der Waals surface area (Å²) in [4.78, 5) is 28.4. The predicted molar refractivity (Wildman–Crippen MR) is 119 cm³/mol. The number of benzene rings is 1. The van der Waals surface area contributed by atoms with E-state index in [1.807, 2.05) is 18.2 Å². The minimum Gasteiger partial charge on any atom is -0.493 e. The molecule has 0 aliphatic heterocycles. The Morgan fingerprint density at radius 1 is 1.10 bits per heavy atom. The largest absolute Gasteiger partial charge is 0.493 e. The van der Waals surface area contributed by atoms with E-state index in [-0.39, 0.29) is 16.2 Å². The zero-order valence-electron chi connectivity index (χ0n) is 17.6. The van der Waals surface area contributed by atoms with Crippen LogP contribution in [0.4, 0.5) is 0 Å². The molecular weight excluding hydrogens is 402 g/mol. The summed E-state index contributed by atoms with van der Waals surface area (Å²) in [5, 5.41) is 4.02. The number of hydrogen-bond acceptors (Lipinski definition) is 7. The fraction of sp³-hybridized carbons (Fsp3) is 0.455. The van der Waals surface area contributed by atoms with Gasteiger partial charge in [-0.15, -0.1) is 0 Å². The van der Waals surface area contributed by atoms with Gasteiger partial charge in [0.25, 0.3) is 11.1 Å². The monoisotopic (exact) mass is 429 g/mol. The van der Waals surface area contributed by atoms with E-state index in [0.29, 0.717) is 22.6 Å². The average Bonchev–Trinajstić information content (AvgIpc) is 3.03. The highest BCUT2D eigenvalue weighted by Crippen LogP contribution is 2.28. The van der Waals surface area contributed by atoms with Crippen molar-refractivity contribution in [1.29, 1.82) is 0 Å². The molecule has 0 saturated heterocycles. The number of methoxy groups -OCH3 is 1. The predicted octanol–water partition coefficient (Wildman–Crippen LogP) is 3.12. The maximum absolute atomic E-state index is 12.6. The third kappa shape index (κ3) is 5.24. The molecule has 0 fully saturated rings. The van der Waals surface area contributed by atoms with Gasteiger partial charge in [-0.2, -0.15) is 14.6 Å². The van der Waals surface area contributed by atoms with Crippen LogP contribution in [0.1, 0.15) is 56.7 Å². The second-order valence-electron chi connectivity index (χ2n) is 7.14. The first kappa shape index (κ1) is 22.0. The molecule has 3 rings (SSSR count). The number of aryl methyl sites for hydroxylation is 1. The molecule has 30 heavy (non-hydrogen) atoms. The second kappa shape index (κ2) is 10.3. The van der Waals surface area contributed by atoms with E-state index >= 15 is 0 Å². The first-order chi connectivity index (χ1) is 14.5. The summed E-state index contributed by atoms with van der Waals surface area (Å²) < 4.78 is 13.0. The van der Waals surface area contributed by atoms with Crippen molar-refractivity contribution in [2.75, 3.05) is 13.7 Å². The Balaban J connectivity index is 1.75. The number of thiazole rings is 1. The van der Waals surface area contributed by atoms with Crippen LogP contribution in [0.25, 0.3) is 11.0 Å². The van der Waals surface area contributed by atoms with Crippen molar-refractivity contribution in [3.8, 4) is 11.5 Å². The van der Waals surface area contributed by atoms with E-state index in [0.717, 1.165) is 29.7 Å². The van der Waals surface area contributed by atoms with E-state index in [2.05, 4.69) is 17.0 Å². The van der Waals surface area contributed by atoms with Crippen LogP contribution in [0, 0.1) is 6.92 Å². The number of hydrogen-bond donors (Lipinski definition) is 0.